The summed E-state index contributed by atoms with van der Waals surface area (Å²) in [6.07, 6.45) is 0.727. The summed E-state index contributed by atoms with van der Waals surface area (Å²) in [6.45, 7) is 4.66. The van der Waals surface area contributed by atoms with E-state index in [4.69, 9.17) is 14.2 Å². The molecular weight excluding hydrogens is 244 g/mol. The van der Waals surface area contributed by atoms with Crippen molar-refractivity contribution in [3.8, 4) is 0 Å². The molecule has 1 aliphatic rings. The maximum absolute atomic E-state index is 10.8. The molecule has 0 saturated carbocycles. The fourth-order valence-corrected chi connectivity index (χ4v) is 2.10. The fourth-order valence-electron chi connectivity index (χ4n) is 2.10. The molecular formula is C15H20O4. The number of carbonyl (C=O) groups excluding carboxylic acids is 1. The average molecular weight is 264 g/mol. The number of aldehydes is 1. The Hall–Kier alpha value is -1.23. The molecule has 0 spiro atoms. The van der Waals surface area contributed by atoms with Crippen LogP contribution in [0.15, 0.2) is 30.3 Å². The Morgan fingerprint density at radius 3 is 2.74 bits per heavy atom. The zero-order chi connectivity index (χ0) is 13.7. The second-order valence-corrected chi connectivity index (χ2v) is 5.10. The summed E-state index contributed by atoms with van der Waals surface area (Å²) in [7, 11) is 0. The molecule has 0 N–H and O–H groups in total. The molecule has 1 heterocycles. The van der Waals surface area contributed by atoms with E-state index < -0.39 is 5.79 Å². The van der Waals surface area contributed by atoms with E-state index in [0.717, 1.165) is 11.8 Å². The predicted molar refractivity (Wildman–Crippen MR) is 70.6 cm³/mol. The average Bonchev–Trinajstić information content (AvgIpc) is 2.76. The smallest absolute Gasteiger partial charge is 0.163 e. The summed E-state index contributed by atoms with van der Waals surface area (Å²) in [5, 5.41) is 0. The Kier molecular flexibility index (Phi) is 4.69. The molecule has 104 valence electrons. The van der Waals surface area contributed by atoms with Gasteiger partial charge < -0.3 is 19.0 Å². The minimum atomic E-state index is -0.595. The van der Waals surface area contributed by atoms with Gasteiger partial charge in [-0.3, -0.25) is 0 Å². The highest BCUT2D eigenvalue weighted by Crippen LogP contribution is 2.26. The van der Waals surface area contributed by atoms with Gasteiger partial charge in [-0.15, -0.1) is 0 Å². The minimum Gasteiger partial charge on any atom is -0.370 e. The molecule has 0 amide bonds. The first-order valence-corrected chi connectivity index (χ1v) is 6.52. The first-order chi connectivity index (χ1) is 9.11. The van der Waals surface area contributed by atoms with E-state index in [1.807, 2.05) is 44.2 Å². The van der Waals surface area contributed by atoms with Gasteiger partial charge in [-0.05, 0) is 19.4 Å². The highest BCUT2D eigenvalue weighted by atomic mass is 16.7. The van der Waals surface area contributed by atoms with Crippen LogP contribution in [0.1, 0.15) is 25.8 Å². The van der Waals surface area contributed by atoms with Crippen LogP contribution in [0.4, 0.5) is 0 Å². The quantitative estimate of drug-likeness (QED) is 0.740. The summed E-state index contributed by atoms with van der Waals surface area (Å²) < 4.78 is 17.1. The molecule has 4 nitrogen and oxygen atoms in total. The largest absolute Gasteiger partial charge is 0.370 e. The number of hydrogen-bond donors (Lipinski definition) is 0. The zero-order valence-corrected chi connectivity index (χ0v) is 11.4. The van der Waals surface area contributed by atoms with E-state index in [9.17, 15) is 4.79 Å². The van der Waals surface area contributed by atoms with E-state index in [1.54, 1.807) is 0 Å². The first kappa shape index (κ1) is 14.2. The highest BCUT2D eigenvalue weighted by Gasteiger charge is 2.37. The Morgan fingerprint density at radius 1 is 1.42 bits per heavy atom. The van der Waals surface area contributed by atoms with Gasteiger partial charge in [0, 0.05) is 6.42 Å². The highest BCUT2D eigenvalue weighted by molar-refractivity contribution is 5.50. The maximum Gasteiger partial charge on any atom is 0.163 e. The van der Waals surface area contributed by atoms with Crippen LogP contribution in [-0.2, 0) is 25.6 Å². The third kappa shape index (κ3) is 4.13. The van der Waals surface area contributed by atoms with Gasteiger partial charge in [0.25, 0.3) is 0 Å². The van der Waals surface area contributed by atoms with E-state index >= 15 is 0 Å². The molecule has 1 aromatic carbocycles. The third-order valence-electron chi connectivity index (χ3n) is 3.08. The normalized spacial score (nSPS) is 23.2. The maximum atomic E-state index is 10.8. The van der Waals surface area contributed by atoms with Crippen molar-refractivity contribution in [2.45, 2.75) is 44.9 Å². The second kappa shape index (κ2) is 6.28. The topological polar surface area (TPSA) is 44.8 Å². The molecule has 19 heavy (non-hydrogen) atoms. The molecule has 0 bridgehead atoms. The molecule has 1 fully saturated rings. The van der Waals surface area contributed by atoms with E-state index in [1.165, 1.54) is 0 Å². The Balaban J connectivity index is 1.91. The van der Waals surface area contributed by atoms with E-state index in [2.05, 4.69) is 0 Å². The summed E-state index contributed by atoms with van der Waals surface area (Å²) in [4.78, 5) is 10.8. The lowest BCUT2D eigenvalue weighted by Crippen LogP contribution is -2.33. The Labute approximate surface area is 113 Å². The van der Waals surface area contributed by atoms with Gasteiger partial charge >= 0.3 is 0 Å². The summed E-state index contributed by atoms with van der Waals surface area (Å²) in [6, 6.07) is 9.88. The van der Waals surface area contributed by atoms with Crippen molar-refractivity contribution in [1.29, 1.82) is 0 Å². The molecule has 1 aromatic rings. The van der Waals surface area contributed by atoms with E-state index in [-0.39, 0.29) is 12.2 Å². The van der Waals surface area contributed by atoms with E-state index in [0.29, 0.717) is 19.6 Å². The summed E-state index contributed by atoms with van der Waals surface area (Å²) in [5.41, 5.74) is 1.08. The molecule has 0 aromatic heterocycles. The van der Waals surface area contributed by atoms with Crippen LogP contribution >= 0.6 is 0 Å². The number of carbonyl (C=O) groups is 1. The van der Waals surface area contributed by atoms with Gasteiger partial charge in [-0.2, -0.15) is 0 Å². The van der Waals surface area contributed by atoms with Crippen molar-refractivity contribution in [2.75, 3.05) is 6.61 Å². The van der Waals surface area contributed by atoms with Crippen molar-refractivity contribution in [3.63, 3.8) is 0 Å². The van der Waals surface area contributed by atoms with Crippen LogP contribution < -0.4 is 0 Å². The zero-order valence-electron chi connectivity index (χ0n) is 11.4. The van der Waals surface area contributed by atoms with Gasteiger partial charge in [-0.1, -0.05) is 30.3 Å². The molecule has 2 rings (SSSR count). The molecule has 4 heteroatoms. The van der Waals surface area contributed by atoms with Gasteiger partial charge in [0.05, 0.1) is 19.3 Å². The van der Waals surface area contributed by atoms with Crippen LogP contribution in [0, 0.1) is 0 Å². The number of ether oxygens (including phenoxy) is 3. The Morgan fingerprint density at radius 2 is 2.16 bits per heavy atom. The molecule has 0 radical (unpaired) electrons. The number of benzene rings is 1. The van der Waals surface area contributed by atoms with Crippen LogP contribution in [0.25, 0.3) is 0 Å². The van der Waals surface area contributed by atoms with Gasteiger partial charge in [-0.25, -0.2) is 0 Å². The van der Waals surface area contributed by atoms with Crippen molar-refractivity contribution in [2.24, 2.45) is 0 Å². The number of rotatable bonds is 6. The predicted octanol–water partition coefficient (Wildman–Crippen LogP) is 2.31. The van der Waals surface area contributed by atoms with Crippen molar-refractivity contribution < 1.29 is 19.0 Å². The molecule has 1 unspecified atom stereocenters. The lowest BCUT2D eigenvalue weighted by molar-refractivity contribution is -0.159. The SMILES string of the molecule is CC1(C)OCC([C@@H](CC=O)OCc2ccccc2)O1. The van der Waals surface area contributed by atoms with Crippen molar-refractivity contribution in [1.82, 2.24) is 0 Å². The van der Waals surface area contributed by atoms with Gasteiger partial charge in [0.2, 0.25) is 0 Å². The standard InChI is InChI=1S/C15H20O4/c1-15(2)18-11-14(19-15)13(8-9-16)17-10-12-6-4-3-5-7-12/h3-7,9,13-14H,8,10-11H2,1-2H3/t13-,14?/m1/s1. The van der Waals surface area contributed by atoms with Crippen LogP contribution in [0.2, 0.25) is 0 Å². The molecule has 0 aliphatic carbocycles. The van der Waals surface area contributed by atoms with Crippen LogP contribution in [0.5, 0.6) is 0 Å². The first-order valence-electron chi connectivity index (χ1n) is 6.52. The number of hydrogen-bond acceptors (Lipinski definition) is 4. The summed E-state index contributed by atoms with van der Waals surface area (Å²) in [5.74, 6) is -0.595. The minimum absolute atomic E-state index is 0.191. The summed E-state index contributed by atoms with van der Waals surface area (Å²) >= 11 is 0. The third-order valence-corrected chi connectivity index (χ3v) is 3.08. The van der Waals surface area contributed by atoms with Gasteiger partial charge in [0.1, 0.15) is 12.4 Å². The fraction of sp³-hybridized carbons (Fsp3) is 0.533. The Bertz CT molecular complexity index is 402. The molecule has 1 aliphatic heterocycles. The van der Waals surface area contributed by atoms with Crippen molar-refractivity contribution in [3.05, 3.63) is 35.9 Å². The lowest BCUT2D eigenvalue weighted by Gasteiger charge is -2.23. The molecule has 1 saturated heterocycles. The van der Waals surface area contributed by atoms with Crippen molar-refractivity contribution >= 4 is 6.29 Å². The lowest BCUT2D eigenvalue weighted by atomic mass is 10.1. The van der Waals surface area contributed by atoms with Gasteiger partial charge in [0.15, 0.2) is 5.79 Å². The molecule has 2 atom stereocenters. The van der Waals surface area contributed by atoms with Crippen LogP contribution in [0.3, 0.4) is 0 Å². The monoisotopic (exact) mass is 264 g/mol. The van der Waals surface area contributed by atoms with Crippen LogP contribution in [-0.4, -0.2) is 30.9 Å². The second-order valence-electron chi connectivity index (χ2n) is 5.10.